The molecule has 2 aromatic heterocycles. The van der Waals surface area contributed by atoms with E-state index in [1.807, 2.05) is 20.8 Å². The third-order valence-electron chi connectivity index (χ3n) is 2.62. The fourth-order valence-electron chi connectivity index (χ4n) is 1.74. The number of thiazole rings is 1. The van der Waals surface area contributed by atoms with Gasteiger partial charge in [0.1, 0.15) is 5.69 Å². The summed E-state index contributed by atoms with van der Waals surface area (Å²) < 4.78 is 0. The van der Waals surface area contributed by atoms with Gasteiger partial charge in [0.2, 0.25) is 5.91 Å². The van der Waals surface area contributed by atoms with Gasteiger partial charge in [0.25, 0.3) is 5.91 Å². The first-order chi connectivity index (χ1) is 10.3. The fourth-order valence-corrected chi connectivity index (χ4v) is 2.26. The second kappa shape index (κ2) is 6.65. The number of nitrogens with zero attached hydrogens (tertiary/aromatic N) is 2. The summed E-state index contributed by atoms with van der Waals surface area (Å²) in [6.45, 7) is 5.99. The predicted molar refractivity (Wildman–Crippen MR) is 87.0 cm³/mol. The lowest BCUT2D eigenvalue weighted by molar-refractivity contribution is -0.117. The molecule has 0 aromatic carbocycles. The molecule has 2 aromatic rings. The molecule has 0 radical (unpaired) electrons. The number of pyridine rings is 1. The van der Waals surface area contributed by atoms with E-state index in [1.54, 1.807) is 23.7 Å². The average Bonchev–Trinajstić information content (AvgIpc) is 2.90. The summed E-state index contributed by atoms with van der Waals surface area (Å²) in [7, 11) is 0. The van der Waals surface area contributed by atoms with Gasteiger partial charge in [-0.3, -0.25) is 14.9 Å². The van der Waals surface area contributed by atoms with Gasteiger partial charge < -0.3 is 5.32 Å². The van der Waals surface area contributed by atoms with E-state index in [4.69, 9.17) is 0 Å². The molecule has 0 aliphatic rings. The minimum absolute atomic E-state index is 0.0747. The maximum atomic E-state index is 11.9. The predicted octanol–water partition coefficient (Wildman–Crippen LogP) is 3.17. The molecule has 2 N–H and O–H groups in total. The van der Waals surface area contributed by atoms with Gasteiger partial charge in [-0.1, -0.05) is 20.8 Å². The summed E-state index contributed by atoms with van der Waals surface area (Å²) in [6, 6.07) is 3.22. The van der Waals surface area contributed by atoms with Crippen LogP contribution in [0.5, 0.6) is 0 Å². The number of carbonyl (C=O) groups is 2. The van der Waals surface area contributed by atoms with E-state index in [1.165, 1.54) is 17.5 Å². The lowest BCUT2D eigenvalue weighted by Gasteiger charge is -2.17. The Bertz CT molecular complexity index is 645. The second-order valence-electron chi connectivity index (χ2n) is 6.01. The van der Waals surface area contributed by atoms with Crippen LogP contribution in [-0.4, -0.2) is 21.8 Å². The van der Waals surface area contributed by atoms with Crippen LogP contribution < -0.4 is 10.6 Å². The average molecular weight is 318 g/mol. The molecule has 6 nitrogen and oxygen atoms in total. The van der Waals surface area contributed by atoms with Crippen molar-refractivity contribution in [2.75, 3.05) is 10.6 Å². The minimum Gasteiger partial charge on any atom is -0.325 e. The molecule has 0 aliphatic carbocycles. The SMILES string of the molecule is CC(C)(C)CC(=O)Nc1ccc(C(=O)Nc2nccs2)nc1. The lowest BCUT2D eigenvalue weighted by atomic mass is 9.92. The molecule has 0 fully saturated rings. The molecule has 0 bridgehead atoms. The molecular weight excluding hydrogens is 300 g/mol. The highest BCUT2D eigenvalue weighted by atomic mass is 32.1. The fraction of sp³-hybridized carbons (Fsp3) is 0.333. The van der Waals surface area contributed by atoms with Crippen LogP contribution >= 0.6 is 11.3 Å². The molecule has 22 heavy (non-hydrogen) atoms. The van der Waals surface area contributed by atoms with Gasteiger partial charge >= 0.3 is 0 Å². The minimum atomic E-state index is -0.331. The van der Waals surface area contributed by atoms with E-state index in [2.05, 4.69) is 20.6 Å². The Labute approximate surface area is 133 Å². The van der Waals surface area contributed by atoms with Gasteiger partial charge in [-0.05, 0) is 17.5 Å². The maximum Gasteiger partial charge on any atom is 0.276 e. The van der Waals surface area contributed by atoms with Crippen molar-refractivity contribution in [2.45, 2.75) is 27.2 Å². The number of anilines is 2. The van der Waals surface area contributed by atoms with E-state index in [0.717, 1.165) is 0 Å². The van der Waals surface area contributed by atoms with Crippen molar-refractivity contribution >= 4 is 34.0 Å². The number of aromatic nitrogens is 2. The zero-order valence-electron chi connectivity index (χ0n) is 12.7. The van der Waals surface area contributed by atoms with Crippen LogP contribution in [0, 0.1) is 5.41 Å². The number of hydrogen-bond acceptors (Lipinski definition) is 5. The maximum absolute atomic E-state index is 11.9. The standard InChI is InChI=1S/C15H18N4O2S/c1-15(2,3)8-12(20)18-10-4-5-11(17-9-10)13(21)19-14-16-6-7-22-14/h4-7,9H,8H2,1-3H3,(H,18,20)(H,16,19,21). The molecule has 0 unspecified atom stereocenters. The Morgan fingerprint density at radius 1 is 1.18 bits per heavy atom. The molecule has 0 spiro atoms. The summed E-state index contributed by atoms with van der Waals surface area (Å²) in [6.07, 6.45) is 3.50. The van der Waals surface area contributed by atoms with Crippen molar-refractivity contribution < 1.29 is 9.59 Å². The zero-order chi connectivity index (χ0) is 16.2. The quantitative estimate of drug-likeness (QED) is 0.907. The van der Waals surface area contributed by atoms with Crippen molar-refractivity contribution in [1.29, 1.82) is 0 Å². The van der Waals surface area contributed by atoms with Gasteiger partial charge in [0, 0.05) is 18.0 Å². The van der Waals surface area contributed by atoms with Gasteiger partial charge in [-0.15, -0.1) is 11.3 Å². The normalized spacial score (nSPS) is 11.0. The third-order valence-corrected chi connectivity index (χ3v) is 3.31. The zero-order valence-corrected chi connectivity index (χ0v) is 13.5. The lowest BCUT2D eigenvalue weighted by Crippen LogP contribution is -2.20. The van der Waals surface area contributed by atoms with Crippen LogP contribution in [0.25, 0.3) is 0 Å². The van der Waals surface area contributed by atoms with E-state index in [0.29, 0.717) is 17.2 Å². The monoisotopic (exact) mass is 318 g/mol. The topological polar surface area (TPSA) is 84.0 Å². The van der Waals surface area contributed by atoms with Crippen LogP contribution in [0.3, 0.4) is 0 Å². The highest BCUT2D eigenvalue weighted by Gasteiger charge is 2.16. The first-order valence-corrected chi connectivity index (χ1v) is 7.68. The number of rotatable bonds is 4. The van der Waals surface area contributed by atoms with Crippen molar-refractivity contribution in [3.05, 3.63) is 35.6 Å². The van der Waals surface area contributed by atoms with Crippen LogP contribution in [0.15, 0.2) is 29.9 Å². The molecular formula is C15H18N4O2S. The third kappa shape index (κ3) is 4.92. The number of amides is 2. The molecule has 116 valence electrons. The van der Waals surface area contributed by atoms with Crippen LogP contribution in [0.2, 0.25) is 0 Å². The van der Waals surface area contributed by atoms with Crippen molar-refractivity contribution in [2.24, 2.45) is 5.41 Å². The molecule has 0 aliphatic heterocycles. The molecule has 0 atom stereocenters. The summed E-state index contributed by atoms with van der Waals surface area (Å²) in [5.74, 6) is -0.406. The number of hydrogen-bond donors (Lipinski definition) is 2. The van der Waals surface area contributed by atoms with Crippen LogP contribution in [-0.2, 0) is 4.79 Å². The van der Waals surface area contributed by atoms with E-state index in [9.17, 15) is 9.59 Å². The summed E-state index contributed by atoms with van der Waals surface area (Å²) in [5, 5.41) is 7.71. The summed E-state index contributed by atoms with van der Waals surface area (Å²) >= 11 is 1.33. The second-order valence-corrected chi connectivity index (χ2v) is 6.90. The Hall–Kier alpha value is -2.28. The first-order valence-electron chi connectivity index (χ1n) is 6.80. The van der Waals surface area contributed by atoms with Crippen molar-refractivity contribution in [1.82, 2.24) is 9.97 Å². The summed E-state index contributed by atoms with van der Waals surface area (Å²) in [5.41, 5.74) is 0.759. The van der Waals surface area contributed by atoms with Crippen molar-refractivity contribution in [3.63, 3.8) is 0 Å². The molecule has 7 heteroatoms. The van der Waals surface area contributed by atoms with Crippen LogP contribution in [0.1, 0.15) is 37.7 Å². The van der Waals surface area contributed by atoms with Gasteiger partial charge in [-0.25, -0.2) is 9.97 Å². The van der Waals surface area contributed by atoms with E-state index >= 15 is 0 Å². The molecule has 2 heterocycles. The van der Waals surface area contributed by atoms with E-state index < -0.39 is 0 Å². The molecule has 0 saturated heterocycles. The molecule has 0 saturated carbocycles. The smallest absolute Gasteiger partial charge is 0.276 e. The number of carbonyl (C=O) groups excluding carboxylic acids is 2. The summed E-state index contributed by atoms with van der Waals surface area (Å²) in [4.78, 5) is 31.8. The Morgan fingerprint density at radius 2 is 1.95 bits per heavy atom. The Balaban J connectivity index is 1.95. The molecule has 2 rings (SSSR count). The van der Waals surface area contributed by atoms with Gasteiger partial charge in [-0.2, -0.15) is 0 Å². The largest absolute Gasteiger partial charge is 0.325 e. The van der Waals surface area contributed by atoms with Crippen molar-refractivity contribution in [3.8, 4) is 0 Å². The number of nitrogens with one attached hydrogen (secondary N) is 2. The van der Waals surface area contributed by atoms with Gasteiger partial charge in [0.05, 0.1) is 11.9 Å². The van der Waals surface area contributed by atoms with Crippen LogP contribution in [0.4, 0.5) is 10.8 Å². The Kier molecular flexibility index (Phi) is 4.87. The first kappa shape index (κ1) is 16.1. The van der Waals surface area contributed by atoms with E-state index in [-0.39, 0.29) is 22.9 Å². The van der Waals surface area contributed by atoms with Gasteiger partial charge in [0.15, 0.2) is 5.13 Å². The highest BCUT2D eigenvalue weighted by molar-refractivity contribution is 7.13. The highest BCUT2D eigenvalue weighted by Crippen LogP contribution is 2.19. The Morgan fingerprint density at radius 3 is 2.50 bits per heavy atom. The molecule has 2 amide bonds.